The van der Waals surface area contributed by atoms with Crippen molar-refractivity contribution in [2.45, 2.75) is 6.92 Å². The summed E-state index contributed by atoms with van der Waals surface area (Å²) < 4.78 is 9.70. The van der Waals surface area contributed by atoms with Crippen molar-refractivity contribution < 1.29 is 18.7 Å². The highest BCUT2D eigenvalue weighted by atomic mass is 35.5. The van der Waals surface area contributed by atoms with Crippen LogP contribution in [-0.4, -0.2) is 19.0 Å². The Kier molecular flexibility index (Phi) is 4.10. The number of ether oxygens (including phenoxy) is 1. The molecular weight excluding hydrogens is 282 g/mol. The van der Waals surface area contributed by atoms with Gasteiger partial charge in [0.05, 0.1) is 24.0 Å². The third kappa shape index (κ3) is 2.83. The van der Waals surface area contributed by atoms with Crippen LogP contribution in [0.3, 0.4) is 0 Å². The maximum Gasteiger partial charge on any atom is 0.339 e. The average molecular weight is 294 g/mol. The molecule has 0 unspecified atom stereocenters. The summed E-state index contributed by atoms with van der Waals surface area (Å²) in [5, 5.41) is 2.89. The molecule has 1 aromatic heterocycles. The monoisotopic (exact) mass is 293 g/mol. The zero-order valence-electron chi connectivity index (χ0n) is 10.9. The molecule has 1 heterocycles. The summed E-state index contributed by atoms with van der Waals surface area (Å²) in [4.78, 5) is 23.5. The van der Waals surface area contributed by atoms with Crippen LogP contribution in [0, 0.1) is 6.92 Å². The molecule has 0 saturated heterocycles. The number of anilines is 1. The Hall–Kier alpha value is -2.27. The largest absolute Gasteiger partial charge is 0.465 e. The molecule has 104 valence electrons. The lowest BCUT2D eigenvalue weighted by Crippen LogP contribution is -2.13. The van der Waals surface area contributed by atoms with E-state index < -0.39 is 11.9 Å². The lowest BCUT2D eigenvalue weighted by Gasteiger charge is -2.07. The number of rotatable bonds is 3. The minimum Gasteiger partial charge on any atom is -0.465 e. The number of aryl methyl sites for hydroxylation is 1. The molecule has 2 rings (SSSR count). The summed E-state index contributed by atoms with van der Waals surface area (Å²) in [5.74, 6) is -0.745. The third-order valence-corrected chi connectivity index (χ3v) is 3.03. The van der Waals surface area contributed by atoms with E-state index >= 15 is 0 Å². The van der Waals surface area contributed by atoms with Gasteiger partial charge in [-0.2, -0.15) is 0 Å². The standard InChI is InChI=1S/C14H12ClNO4/c1-8-5-6-20-12(8)13(17)16-9-3-4-11(15)10(7-9)14(18)19-2/h3-7H,1-2H3,(H,16,17). The Morgan fingerprint density at radius 2 is 2.05 bits per heavy atom. The number of esters is 1. The Morgan fingerprint density at radius 1 is 1.30 bits per heavy atom. The summed E-state index contributed by atoms with van der Waals surface area (Å²) >= 11 is 5.90. The number of amides is 1. The van der Waals surface area contributed by atoms with Gasteiger partial charge in [0.1, 0.15) is 0 Å². The molecule has 0 saturated carbocycles. The van der Waals surface area contributed by atoms with Gasteiger partial charge in [-0.3, -0.25) is 4.79 Å². The minimum absolute atomic E-state index is 0.183. The Bertz CT molecular complexity index is 663. The van der Waals surface area contributed by atoms with Gasteiger partial charge < -0.3 is 14.5 Å². The number of methoxy groups -OCH3 is 1. The van der Waals surface area contributed by atoms with Crippen LogP contribution in [0.15, 0.2) is 34.9 Å². The second-order valence-corrected chi connectivity index (χ2v) is 4.48. The van der Waals surface area contributed by atoms with Gasteiger partial charge in [-0.1, -0.05) is 11.6 Å². The van der Waals surface area contributed by atoms with Crippen LogP contribution in [0.1, 0.15) is 26.5 Å². The normalized spacial score (nSPS) is 10.2. The SMILES string of the molecule is COC(=O)c1cc(NC(=O)c2occc2C)ccc1Cl. The predicted octanol–water partition coefficient (Wildman–Crippen LogP) is 3.28. The van der Waals surface area contributed by atoms with E-state index in [-0.39, 0.29) is 16.3 Å². The smallest absolute Gasteiger partial charge is 0.339 e. The van der Waals surface area contributed by atoms with Crippen molar-refractivity contribution in [1.82, 2.24) is 0 Å². The van der Waals surface area contributed by atoms with E-state index in [0.29, 0.717) is 5.69 Å². The maximum absolute atomic E-state index is 12.0. The van der Waals surface area contributed by atoms with Crippen LogP contribution in [0.2, 0.25) is 5.02 Å². The topological polar surface area (TPSA) is 68.5 Å². The van der Waals surface area contributed by atoms with E-state index in [4.69, 9.17) is 16.0 Å². The first-order chi connectivity index (χ1) is 9.52. The van der Waals surface area contributed by atoms with Gasteiger partial charge in [0.25, 0.3) is 5.91 Å². The molecule has 0 spiro atoms. The van der Waals surface area contributed by atoms with E-state index in [1.165, 1.54) is 25.5 Å². The zero-order chi connectivity index (χ0) is 14.7. The zero-order valence-corrected chi connectivity index (χ0v) is 11.7. The highest BCUT2D eigenvalue weighted by Crippen LogP contribution is 2.22. The van der Waals surface area contributed by atoms with E-state index in [1.54, 1.807) is 19.1 Å². The first-order valence-electron chi connectivity index (χ1n) is 5.76. The van der Waals surface area contributed by atoms with Gasteiger partial charge >= 0.3 is 5.97 Å². The number of carbonyl (C=O) groups excluding carboxylic acids is 2. The van der Waals surface area contributed by atoms with Crippen molar-refractivity contribution in [2.75, 3.05) is 12.4 Å². The molecule has 0 atom stereocenters. The van der Waals surface area contributed by atoms with Gasteiger partial charge in [-0.05, 0) is 31.2 Å². The molecule has 0 fully saturated rings. The lowest BCUT2D eigenvalue weighted by molar-refractivity contribution is 0.0600. The Balaban J connectivity index is 2.24. The van der Waals surface area contributed by atoms with Crippen molar-refractivity contribution in [1.29, 1.82) is 0 Å². The molecule has 6 heteroatoms. The number of hydrogen-bond acceptors (Lipinski definition) is 4. The minimum atomic E-state index is -0.569. The quantitative estimate of drug-likeness (QED) is 0.882. The molecule has 1 N–H and O–H groups in total. The lowest BCUT2D eigenvalue weighted by atomic mass is 10.2. The number of halogens is 1. The number of nitrogens with one attached hydrogen (secondary N) is 1. The summed E-state index contributed by atoms with van der Waals surface area (Å²) in [6, 6.07) is 6.24. The number of benzene rings is 1. The predicted molar refractivity (Wildman–Crippen MR) is 74.2 cm³/mol. The van der Waals surface area contributed by atoms with Crippen LogP contribution < -0.4 is 5.32 Å². The molecule has 0 radical (unpaired) electrons. The van der Waals surface area contributed by atoms with Crippen molar-refractivity contribution in [3.8, 4) is 0 Å². The fraction of sp³-hybridized carbons (Fsp3) is 0.143. The molecule has 1 aromatic carbocycles. The van der Waals surface area contributed by atoms with E-state index in [2.05, 4.69) is 10.1 Å². The second-order valence-electron chi connectivity index (χ2n) is 4.07. The van der Waals surface area contributed by atoms with Crippen LogP contribution in [0.5, 0.6) is 0 Å². The number of carbonyl (C=O) groups is 2. The first kappa shape index (κ1) is 14.1. The molecule has 5 nitrogen and oxygen atoms in total. The second kappa shape index (κ2) is 5.79. The van der Waals surface area contributed by atoms with Crippen LogP contribution >= 0.6 is 11.6 Å². The summed E-state index contributed by atoms with van der Waals surface area (Å²) in [6.07, 6.45) is 1.44. The van der Waals surface area contributed by atoms with E-state index in [1.807, 2.05) is 0 Å². The maximum atomic E-state index is 12.0. The molecule has 2 aromatic rings. The van der Waals surface area contributed by atoms with Crippen LogP contribution in [-0.2, 0) is 4.74 Å². The number of hydrogen-bond donors (Lipinski definition) is 1. The van der Waals surface area contributed by atoms with E-state index in [9.17, 15) is 9.59 Å². The third-order valence-electron chi connectivity index (χ3n) is 2.70. The highest BCUT2D eigenvalue weighted by Gasteiger charge is 2.15. The summed E-state index contributed by atoms with van der Waals surface area (Å²) in [7, 11) is 1.26. The van der Waals surface area contributed by atoms with Gasteiger partial charge in [0, 0.05) is 11.3 Å². The first-order valence-corrected chi connectivity index (χ1v) is 6.14. The van der Waals surface area contributed by atoms with Crippen molar-refractivity contribution in [3.05, 3.63) is 52.4 Å². The fourth-order valence-electron chi connectivity index (χ4n) is 1.66. The van der Waals surface area contributed by atoms with Gasteiger partial charge in [0.15, 0.2) is 5.76 Å². The molecule has 0 bridgehead atoms. The average Bonchev–Trinajstić information content (AvgIpc) is 2.86. The van der Waals surface area contributed by atoms with Gasteiger partial charge in [0.2, 0.25) is 0 Å². The van der Waals surface area contributed by atoms with Crippen molar-refractivity contribution >= 4 is 29.2 Å². The van der Waals surface area contributed by atoms with Crippen molar-refractivity contribution in [3.63, 3.8) is 0 Å². The molecule has 0 aliphatic rings. The molecule has 0 aliphatic carbocycles. The fourth-order valence-corrected chi connectivity index (χ4v) is 1.86. The van der Waals surface area contributed by atoms with Crippen molar-refractivity contribution in [2.24, 2.45) is 0 Å². The van der Waals surface area contributed by atoms with Gasteiger partial charge in [-0.15, -0.1) is 0 Å². The molecule has 0 aliphatic heterocycles. The van der Waals surface area contributed by atoms with Gasteiger partial charge in [-0.25, -0.2) is 4.79 Å². The van der Waals surface area contributed by atoms with Crippen LogP contribution in [0.25, 0.3) is 0 Å². The molecule has 20 heavy (non-hydrogen) atoms. The number of furan rings is 1. The summed E-state index contributed by atoms with van der Waals surface area (Å²) in [6.45, 7) is 1.76. The highest BCUT2D eigenvalue weighted by molar-refractivity contribution is 6.33. The van der Waals surface area contributed by atoms with Crippen LogP contribution in [0.4, 0.5) is 5.69 Å². The summed E-state index contributed by atoms with van der Waals surface area (Å²) in [5.41, 5.74) is 1.34. The molecule has 1 amide bonds. The Labute approximate surface area is 120 Å². The molecular formula is C14H12ClNO4. The van der Waals surface area contributed by atoms with E-state index in [0.717, 1.165) is 5.56 Å². The Morgan fingerprint density at radius 3 is 2.65 bits per heavy atom.